The summed E-state index contributed by atoms with van der Waals surface area (Å²) in [5.74, 6) is -1.16. The summed E-state index contributed by atoms with van der Waals surface area (Å²) in [6, 6.07) is 8.70. The maximum Gasteiger partial charge on any atom is 0.331 e. The number of phenols is 2. The summed E-state index contributed by atoms with van der Waals surface area (Å²) in [5.41, 5.74) is -1.21. The van der Waals surface area contributed by atoms with E-state index in [9.17, 15) is 35.4 Å². The molecule has 1 aliphatic heterocycles. The maximum absolute atomic E-state index is 12.5. The molecule has 0 bridgehead atoms. The molecule has 0 amide bonds. The number of hydrogen-bond donors (Lipinski definition) is 6. The summed E-state index contributed by atoms with van der Waals surface area (Å²) in [6.45, 7) is 0.923. The molecule has 0 radical (unpaired) electrons. The van der Waals surface area contributed by atoms with Crippen molar-refractivity contribution in [1.82, 2.24) is 0 Å². The molecule has 37 heavy (non-hydrogen) atoms. The van der Waals surface area contributed by atoms with E-state index in [-0.39, 0.29) is 35.0 Å². The van der Waals surface area contributed by atoms with Gasteiger partial charge in [-0.15, -0.1) is 0 Å². The molecule has 202 valence electrons. The van der Waals surface area contributed by atoms with E-state index in [1.165, 1.54) is 44.6 Å². The number of carbonyl (C=O) groups is 1. The van der Waals surface area contributed by atoms with E-state index < -0.39 is 48.7 Å². The van der Waals surface area contributed by atoms with Crippen LogP contribution >= 0.6 is 0 Å². The molecule has 11 nitrogen and oxygen atoms in total. The number of aliphatic hydroxyl groups excluding tert-OH is 3. The third-order valence-corrected chi connectivity index (χ3v) is 6.41. The summed E-state index contributed by atoms with van der Waals surface area (Å²) in [7, 11) is 2.63. The summed E-state index contributed by atoms with van der Waals surface area (Å²) >= 11 is 0. The first-order valence-corrected chi connectivity index (χ1v) is 11.6. The molecule has 6 N–H and O–H groups in total. The summed E-state index contributed by atoms with van der Waals surface area (Å²) < 4.78 is 21.4. The first kappa shape index (κ1) is 28.2. The number of esters is 1. The number of aliphatic hydroxyl groups is 4. The Kier molecular flexibility index (Phi) is 9.00. The molecule has 0 spiro atoms. The van der Waals surface area contributed by atoms with Gasteiger partial charge in [0.2, 0.25) is 5.75 Å². The van der Waals surface area contributed by atoms with Gasteiger partial charge in [0.1, 0.15) is 35.8 Å². The minimum absolute atomic E-state index is 0.00684. The minimum Gasteiger partial charge on any atom is -0.508 e. The van der Waals surface area contributed by atoms with Gasteiger partial charge in [-0.25, -0.2) is 4.79 Å². The standard InChI is InChI=1S/C26H32O11/c1-4-26(33,15-11-17(34-2)21(30)18(12-15)35-3)25-23(32)24(22(31)19(13-27)36-25)37-20(29)10-7-14-5-8-16(28)9-6-14/h5-12,19,22-25,27-28,30-33H,4,13H2,1-3H3/b10-7+/t19-,22-,23-,24+,25-,26?/m1/s1. The monoisotopic (exact) mass is 520 g/mol. The zero-order valence-electron chi connectivity index (χ0n) is 20.6. The lowest BCUT2D eigenvalue weighted by Gasteiger charge is -2.47. The zero-order chi connectivity index (χ0) is 27.3. The minimum atomic E-state index is -1.95. The van der Waals surface area contributed by atoms with Crippen LogP contribution in [0.15, 0.2) is 42.5 Å². The second kappa shape index (κ2) is 11.8. The highest BCUT2D eigenvalue weighted by Crippen LogP contribution is 2.44. The van der Waals surface area contributed by atoms with Gasteiger partial charge in [-0.05, 0) is 47.9 Å². The van der Waals surface area contributed by atoms with Gasteiger partial charge in [-0.2, -0.15) is 0 Å². The van der Waals surface area contributed by atoms with Crippen molar-refractivity contribution in [2.75, 3.05) is 20.8 Å². The van der Waals surface area contributed by atoms with Crippen molar-refractivity contribution in [3.63, 3.8) is 0 Å². The number of aromatic hydroxyl groups is 2. The van der Waals surface area contributed by atoms with Gasteiger partial charge in [-0.1, -0.05) is 19.1 Å². The van der Waals surface area contributed by atoms with Gasteiger partial charge in [0.05, 0.1) is 20.8 Å². The quantitative estimate of drug-likeness (QED) is 0.204. The lowest BCUT2D eigenvalue weighted by atomic mass is 9.78. The summed E-state index contributed by atoms with van der Waals surface area (Å²) in [4.78, 5) is 12.5. The highest BCUT2D eigenvalue weighted by molar-refractivity contribution is 5.87. The topological polar surface area (TPSA) is 175 Å². The van der Waals surface area contributed by atoms with Gasteiger partial charge in [0, 0.05) is 6.08 Å². The van der Waals surface area contributed by atoms with Gasteiger partial charge >= 0.3 is 5.97 Å². The molecule has 2 aromatic carbocycles. The third kappa shape index (κ3) is 5.81. The lowest BCUT2D eigenvalue weighted by molar-refractivity contribution is -0.276. The number of benzene rings is 2. The Labute approximate surface area is 213 Å². The smallest absolute Gasteiger partial charge is 0.331 e. The van der Waals surface area contributed by atoms with E-state index in [0.29, 0.717) is 5.56 Å². The molecule has 11 heteroatoms. The number of hydrogen-bond acceptors (Lipinski definition) is 11. The molecule has 1 fully saturated rings. The molecule has 1 aliphatic rings. The predicted molar refractivity (Wildman–Crippen MR) is 130 cm³/mol. The van der Waals surface area contributed by atoms with Crippen LogP contribution in [0.5, 0.6) is 23.0 Å². The molecule has 1 saturated heterocycles. The zero-order valence-corrected chi connectivity index (χ0v) is 20.6. The van der Waals surface area contributed by atoms with Gasteiger partial charge in [-0.3, -0.25) is 0 Å². The van der Waals surface area contributed by atoms with E-state index in [0.717, 1.165) is 6.08 Å². The van der Waals surface area contributed by atoms with E-state index >= 15 is 0 Å². The van der Waals surface area contributed by atoms with Crippen LogP contribution in [0.25, 0.3) is 6.08 Å². The Bertz CT molecular complexity index is 1080. The van der Waals surface area contributed by atoms with Crippen molar-refractivity contribution in [3.05, 3.63) is 53.6 Å². The second-order valence-corrected chi connectivity index (χ2v) is 8.59. The molecule has 2 aromatic rings. The largest absolute Gasteiger partial charge is 0.508 e. The van der Waals surface area contributed by atoms with E-state index in [1.54, 1.807) is 19.1 Å². The Hall–Kier alpha value is -3.35. The summed E-state index contributed by atoms with van der Waals surface area (Å²) in [5, 5.41) is 63.0. The van der Waals surface area contributed by atoms with Crippen LogP contribution in [0.4, 0.5) is 0 Å². The molecular formula is C26H32O11. The van der Waals surface area contributed by atoms with E-state index in [1.807, 2.05) is 0 Å². The average Bonchev–Trinajstić information content (AvgIpc) is 2.90. The molecule has 0 aliphatic carbocycles. The second-order valence-electron chi connectivity index (χ2n) is 8.59. The molecule has 0 aromatic heterocycles. The van der Waals surface area contributed by atoms with Crippen molar-refractivity contribution in [2.45, 2.75) is 49.5 Å². The average molecular weight is 521 g/mol. The molecule has 1 unspecified atom stereocenters. The van der Waals surface area contributed by atoms with Crippen molar-refractivity contribution in [1.29, 1.82) is 0 Å². The highest BCUT2D eigenvalue weighted by Gasteiger charge is 2.54. The van der Waals surface area contributed by atoms with Crippen LogP contribution in [0.1, 0.15) is 24.5 Å². The maximum atomic E-state index is 12.5. The molecule has 6 atom stereocenters. The normalized spacial score (nSPS) is 25.4. The molecule has 0 saturated carbocycles. The van der Waals surface area contributed by atoms with Crippen LogP contribution in [0.3, 0.4) is 0 Å². The Morgan fingerprint density at radius 1 is 1.05 bits per heavy atom. The Morgan fingerprint density at radius 2 is 1.65 bits per heavy atom. The van der Waals surface area contributed by atoms with Gasteiger partial charge < -0.3 is 49.6 Å². The number of rotatable bonds is 9. The van der Waals surface area contributed by atoms with Crippen LogP contribution < -0.4 is 9.47 Å². The number of carbonyl (C=O) groups excluding carboxylic acids is 1. The summed E-state index contributed by atoms with van der Waals surface area (Å²) in [6.07, 6.45) is -5.20. The predicted octanol–water partition coefficient (Wildman–Crippen LogP) is 0.819. The highest BCUT2D eigenvalue weighted by atomic mass is 16.6. The number of methoxy groups -OCH3 is 2. The van der Waals surface area contributed by atoms with Crippen LogP contribution in [-0.2, 0) is 19.9 Å². The van der Waals surface area contributed by atoms with E-state index in [4.69, 9.17) is 18.9 Å². The van der Waals surface area contributed by atoms with Crippen LogP contribution in [-0.4, -0.2) is 88.0 Å². The lowest BCUT2D eigenvalue weighted by Crippen LogP contribution is -2.65. The number of phenolic OH excluding ortho intramolecular Hbond substituents is 2. The van der Waals surface area contributed by atoms with Crippen LogP contribution in [0, 0.1) is 0 Å². The van der Waals surface area contributed by atoms with Crippen molar-refractivity contribution < 1.29 is 54.4 Å². The van der Waals surface area contributed by atoms with Crippen molar-refractivity contribution in [3.8, 4) is 23.0 Å². The fourth-order valence-electron chi connectivity index (χ4n) is 4.26. The Morgan fingerprint density at radius 3 is 2.16 bits per heavy atom. The molecule has 3 rings (SSSR count). The van der Waals surface area contributed by atoms with E-state index in [2.05, 4.69) is 0 Å². The van der Waals surface area contributed by atoms with Crippen molar-refractivity contribution in [2.24, 2.45) is 0 Å². The molecule has 1 heterocycles. The fraction of sp³-hybridized carbons (Fsp3) is 0.423. The van der Waals surface area contributed by atoms with Gasteiger partial charge in [0.15, 0.2) is 17.6 Å². The Balaban J connectivity index is 1.93. The van der Waals surface area contributed by atoms with Crippen molar-refractivity contribution >= 4 is 12.0 Å². The first-order valence-electron chi connectivity index (χ1n) is 11.6. The number of ether oxygens (including phenoxy) is 4. The molecular weight excluding hydrogens is 488 g/mol. The first-order chi connectivity index (χ1) is 17.6. The van der Waals surface area contributed by atoms with Gasteiger partial charge in [0.25, 0.3) is 0 Å². The fourth-order valence-corrected chi connectivity index (χ4v) is 4.26. The third-order valence-electron chi connectivity index (χ3n) is 6.41. The van der Waals surface area contributed by atoms with Crippen LogP contribution in [0.2, 0.25) is 0 Å². The SMILES string of the molecule is CCC(O)(c1cc(OC)c(O)c(OC)c1)[C@@H]1O[C@H](CO)[C@@H](O)[C@H](OC(=O)/C=C/c2ccc(O)cc2)[C@H]1O.